The molecule has 1 aromatic heterocycles. The Hall–Kier alpha value is -0.840. The first kappa shape index (κ1) is 13.6. The van der Waals surface area contributed by atoms with Crippen molar-refractivity contribution in [3.63, 3.8) is 0 Å². The zero-order chi connectivity index (χ0) is 12.6. The average molecular weight is 253 g/mol. The summed E-state index contributed by atoms with van der Waals surface area (Å²) in [6.07, 6.45) is 6.67. The third-order valence-electron chi connectivity index (χ3n) is 3.42. The van der Waals surface area contributed by atoms with Crippen molar-refractivity contribution in [2.75, 3.05) is 13.2 Å². The van der Waals surface area contributed by atoms with Crippen LogP contribution in [0.2, 0.25) is 0 Å². The van der Waals surface area contributed by atoms with Crippen LogP contribution in [0.1, 0.15) is 37.9 Å². The van der Waals surface area contributed by atoms with E-state index < -0.39 is 0 Å². The van der Waals surface area contributed by atoms with Crippen molar-refractivity contribution in [1.29, 1.82) is 0 Å². The largest absolute Gasteiger partial charge is 0.467 e. The van der Waals surface area contributed by atoms with Gasteiger partial charge in [0.2, 0.25) is 0 Å². The standard InChI is InChI=1S/C14H23NO3/c16-13-6-4-12(5-7-13)15-8-2-9-17-11-14-3-1-10-18-14/h1,3,10,12-13,15-16H,2,4-9,11H2. The Morgan fingerprint density at radius 1 is 1.33 bits per heavy atom. The molecule has 1 heterocycles. The molecule has 0 spiro atoms. The highest BCUT2D eigenvalue weighted by Crippen LogP contribution is 2.18. The molecule has 0 amide bonds. The summed E-state index contributed by atoms with van der Waals surface area (Å²) in [7, 11) is 0. The Bertz CT molecular complexity index is 305. The van der Waals surface area contributed by atoms with E-state index in [4.69, 9.17) is 9.15 Å². The number of ether oxygens (including phenoxy) is 1. The maximum absolute atomic E-state index is 9.40. The smallest absolute Gasteiger partial charge is 0.129 e. The molecule has 102 valence electrons. The van der Waals surface area contributed by atoms with Crippen molar-refractivity contribution < 1.29 is 14.3 Å². The third kappa shape index (κ3) is 4.80. The number of aliphatic hydroxyl groups excluding tert-OH is 1. The Morgan fingerprint density at radius 2 is 2.17 bits per heavy atom. The minimum atomic E-state index is -0.0697. The van der Waals surface area contributed by atoms with Crippen LogP contribution in [0.4, 0.5) is 0 Å². The summed E-state index contributed by atoms with van der Waals surface area (Å²) in [5.74, 6) is 0.879. The van der Waals surface area contributed by atoms with Gasteiger partial charge in [-0.1, -0.05) is 0 Å². The van der Waals surface area contributed by atoms with Crippen molar-refractivity contribution in [1.82, 2.24) is 5.32 Å². The summed E-state index contributed by atoms with van der Waals surface area (Å²) in [6.45, 7) is 2.30. The van der Waals surface area contributed by atoms with Gasteiger partial charge in [-0.3, -0.25) is 0 Å². The van der Waals surface area contributed by atoms with E-state index >= 15 is 0 Å². The predicted molar refractivity (Wildman–Crippen MR) is 69.2 cm³/mol. The van der Waals surface area contributed by atoms with E-state index in [0.29, 0.717) is 12.6 Å². The second-order valence-electron chi connectivity index (χ2n) is 4.95. The van der Waals surface area contributed by atoms with Gasteiger partial charge in [0.05, 0.1) is 12.4 Å². The monoisotopic (exact) mass is 253 g/mol. The van der Waals surface area contributed by atoms with Crippen LogP contribution < -0.4 is 5.32 Å². The van der Waals surface area contributed by atoms with Crippen LogP contribution in [0.25, 0.3) is 0 Å². The van der Waals surface area contributed by atoms with E-state index in [0.717, 1.165) is 51.0 Å². The van der Waals surface area contributed by atoms with E-state index in [1.807, 2.05) is 12.1 Å². The molecular weight excluding hydrogens is 230 g/mol. The second-order valence-corrected chi connectivity index (χ2v) is 4.95. The van der Waals surface area contributed by atoms with Crippen LogP contribution in [0.3, 0.4) is 0 Å². The van der Waals surface area contributed by atoms with Crippen LogP contribution in [0, 0.1) is 0 Å². The zero-order valence-corrected chi connectivity index (χ0v) is 10.8. The number of aliphatic hydroxyl groups is 1. The van der Waals surface area contributed by atoms with Gasteiger partial charge in [0.25, 0.3) is 0 Å². The minimum absolute atomic E-state index is 0.0697. The van der Waals surface area contributed by atoms with E-state index in [-0.39, 0.29) is 6.10 Å². The highest BCUT2D eigenvalue weighted by Gasteiger charge is 2.18. The van der Waals surface area contributed by atoms with Gasteiger partial charge in [0.1, 0.15) is 12.4 Å². The van der Waals surface area contributed by atoms with Crippen LogP contribution in [-0.4, -0.2) is 30.4 Å². The van der Waals surface area contributed by atoms with Crippen LogP contribution in [0.15, 0.2) is 22.8 Å². The molecule has 1 aromatic rings. The van der Waals surface area contributed by atoms with Gasteiger partial charge in [0, 0.05) is 12.6 Å². The number of nitrogens with one attached hydrogen (secondary N) is 1. The van der Waals surface area contributed by atoms with Crippen LogP contribution in [0.5, 0.6) is 0 Å². The molecule has 0 unspecified atom stereocenters. The Morgan fingerprint density at radius 3 is 2.89 bits per heavy atom. The minimum Gasteiger partial charge on any atom is -0.467 e. The molecule has 18 heavy (non-hydrogen) atoms. The summed E-state index contributed by atoms with van der Waals surface area (Å²) in [5.41, 5.74) is 0. The molecule has 2 N–H and O–H groups in total. The molecule has 2 rings (SSSR count). The number of rotatable bonds is 7. The number of hydrogen-bond donors (Lipinski definition) is 2. The maximum Gasteiger partial charge on any atom is 0.129 e. The first-order chi connectivity index (χ1) is 8.84. The van der Waals surface area contributed by atoms with Gasteiger partial charge in [-0.2, -0.15) is 0 Å². The topological polar surface area (TPSA) is 54.6 Å². The van der Waals surface area contributed by atoms with Gasteiger partial charge in [-0.05, 0) is 50.8 Å². The molecule has 1 aliphatic rings. The highest BCUT2D eigenvalue weighted by molar-refractivity contribution is 4.95. The molecule has 0 bridgehead atoms. The Balaban J connectivity index is 1.44. The van der Waals surface area contributed by atoms with Crippen molar-refractivity contribution in [2.45, 2.75) is 50.9 Å². The SMILES string of the molecule is OC1CCC(NCCCOCc2ccco2)CC1. The summed E-state index contributed by atoms with van der Waals surface area (Å²) in [5, 5.41) is 12.9. The fraction of sp³-hybridized carbons (Fsp3) is 0.714. The van der Waals surface area contributed by atoms with Gasteiger partial charge < -0.3 is 19.6 Å². The van der Waals surface area contributed by atoms with E-state index in [1.165, 1.54) is 0 Å². The lowest BCUT2D eigenvalue weighted by Crippen LogP contribution is -2.35. The molecule has 0 saturated heterocycles. The molecule has 4 nitrogen and oxygen atoms in total. The number of furan rings is 1. The molecular formula is C14H23NO3. The zero-order valence-electron chi connectivity index (χ0n) is 10.8. The summed E-state index contributed by atoms with van der Waals surface area (Å²) >= 11 is 0. The summed E-state index contributed by atoms with van der Waals surface area (Å²) in [6, 6.07) is 4.38. The first-order valence-corrected chi connectivity index (χ1v) is 6.86. The van der Waals surface area contributed by atoms with E-state index in [9.17, 15) is 5.11 Å². The third-order valence-corrected chi connectivity index (χ3v) is 3.42. The van der Waals surface area contributed by atoms with Crippen molar-refractivity contribution >= 4 is 0 Å². The Kier molecular flexibility index (Phi) is 5.71. The van der Waals surface area contributed by atoms with Crippen molar-refractivity contribution in [3.05, 3.63) is 24.2 Å². The normalized spacial score (nSPS) is 24.3. The lowest BCUT2D eigenvalue weighted by Gasteiger charge is -2.26. The molecule has 1 saturated carbocycles. The molecule has 0 aliphatic heterocycles. The molecule has 0 atom stereocenters. The molecule has 0 aromatic carbocycles. The van der Waals surface area contributed by atoms with Crippen LogP contribution in [-0.2, 0) is 11.3 Å². The van der Waals surface area contributed by atoms with Gasteiger partial charge in [0.15, 0.2) is 0 Å². The average Bonchev–Trinajstić information content (AvgIpc) is 2.89. The summed E-state index contributed by atoms with van der Waals surface area (Å²) in [4.78, 5) is 0. The quantitative estimate of drug-likeness (QED) is 0.731. The van der Waals surface area contributed by atoms with E-state index in [2.05, 4.69) is 5.32 Å². The van der Waals surface area contributed by atoms with Gasteiger partial charge in [-0.15, -0.1) is 0 Å². The summed E-state index contributed by atoms with van der Waals surface area (Å²) < 4.78 is 10.7. The lowest BCUT2D eigenvalue weighted by atomic mass is 9.93. The lowest BCUT2D eigenvalue weighted by molar-refractivity contribution is 0.0994. The van der Waals surface area contributed by atoms with Crippen molar-refractivity contribution in [3.8, 4) is 0 Å². The first-order valence-electron chi connectivity index (χ1n) is 6.86. The van der Waals surface area contributed by atoms with Gasteiger partial charge in [-0.25, -0.2) is 0 Å². The van der Waals surface area contributed by atoms with Crippen molar-refractivity contribution in [2.24, 2.45) is 0 Å². The molecule has 0 radical (unpaired) electrons. The van der Waals surface area contributed by atoms with Gasteiger partial charge >= 0.3 is 0 Å². The molecule has 4 heteroatoms. The highest BCUT2D eigenvalue weighted by atomic mass is 16.5. The second kappa shape index (κ2) is 7.56. The molecule has 1 fully saturated rings. The van der Waals surface area contributed by atoms with Crippen LogP contribution >= 0.6 is 0 Å². The maximum atomic E-state index is 9.40. The Labute approximate surface area is 108 Å². The fourth-order valence-corrected chi connectivity index (χ4v) is 2.33. The fourth-order valence-electron chi connectivity index (χ4n) is 2.33. The molecule has 1 aliphatic carbocycles. The van der Waals surface area contributed by atoms with E-state index in [1.54, 1.807) is 6.26 Å². The number of hydrogen-bond acceptors (Lipinski definition) is 4. The predicted octanol–water partition coefficient (Wildman–Crippen LogP) is 2.08.